The number of sulfonamides is 2. The maximum atomic E-state index is 12.9. The zero-order valence-corrected chi connectivity index (χ0v) is 17.1. The topological polar surface area (TPSA) is 127 Å². The third-order valence-corrected chi connectivity index (χ3v) is 6.80. The molecule has 1 amide bonds. The van der Waals surface area contributed by atoms with Crippen molar-refractivity contribution in [1.29, 1.82) is 0 Å². The molecule has 0 bridgehead atoms. The summed E-state index contributed by atoms with van der Waals surface area (Å²) in [6.07, 6.45) is 0. The van der Waals surface area contributed by atoms with E-state index < -0.39 is 26.1 Å². The summed E-state index contributed by atoms with van der Waals surface area (Å²) >= 11 is 0. The summed E-state index contributed by atoms with van der Waals surface area (Å²) in [7, 11) is -7.54. The third kappa shape index (κ3) is 4.91. The molecule has 10 heteroatoms. The summed E-state index contributed by atoms with van der Waals surface area (Å²) in [6.45, 7) is 3.79. The van der Waals surface area contributed by atoms with Crippen LogP contribution in [0.1, 0.15) is 21.8 Å². The number of primary sulfonamides is 1. The van der Waals surface area contributed by atoms with Crippen molar-refractivity contribution in [3.8, 4) is 0 Å². The fourth-order valence-corrected chi connectivity index (χ4v) is 4.63. The van der Waals surface area contributed by atoms with Crippen LogP contribution in [0.15, 0.2) is 71.5 Å². The van der Waals surface area contributed by atoms with Gasteiger partial charge in [0.25, 0.3) is 5.91 Å². The number of likely N-dealkylation sites (tertiary alicyclic amines) is 1. The van der Waals surface area contributed by atoms with E-state index in [-0.39, 0.29) is 28.8 Å². The van der Waals surface area contributed by atoms with E-state index in [2.05, 4.69) is 11.3 Å². The van der Waals surface area contributed by atoms with Gasteiger partial charge in [0.2, 0.25) is 20.0 Å². The largest absolute Gasteiger partial charge is 0.336 e. The van der Waals surface area contributed by atoms with Crippen molar-refractivity contribution >= 4 is 26.0 Å². The predicted octanol–water partition coefficient (Wildman–Crippen LogP) is 1.01. The molecule has 1 aliphatic rings. The highest BCUT2D eigenvalue weighted by Crippen LogP contribution is 2.29. The fourth-order valence-electron chi connectivity index (χ4n) is 3.36. The Balaban J connectivity index is 1.86. The molecule has 0 unspecified atom stereocenters. The number of rotatable bonds is 6. The average molecular weight is 436 g/mol. The molecule has 1 saturated heterocycles. The van der Waals surface area contributed by atoms with Gasteiger partial charge in [0, 0.05) is 36.0 Å². The molecular weight excluding hydrogens is 414 g/mol. The molecule has 0 aromatic heterocycles. The number of amides is 1. The van der Waals surface area contributed by atoms with Crippen molar-refractivity contribution in [2.75, 3.05) is 13.1 Å². The van der Waals surface area contributed by atoms with Crippen LogP contribution in [0.3, 0.4) is 0 Å². The Morgan fingerprint density at radius 3 is 2.21 bits per heavy atom. The molecule has 0 radical (unpaired) electrons. The van der Waals surface area contributed by atoms with E-state index >= 15 is 0 Å². The fraction of sp³-hybridized carbons (Fsp3) is 0.211. The zero-order chi connectivity index (χ0) is 21.2. The molecule has 2 atom stereocenters. The molecule has 8 nitrogen and oxygen atoms in total. The van der Waals surface area contributed by atoms with Gasteiger partial charge in [-0.15, -0.1) is 0 Å². The number of carbonyl (C=O) groups is 1. The Labute approximate surface area is 170 Å². The first-order valence-electron chi connectivity index (χ1n) is 8.72. The lowest BCUT2D eigenvalue weighted by Crippen LogP contribution is -2.39. The van der Waals surface area contributed by atoms with Crippen LogP contribution in [0.2, 0.25) is 0 Å². The molecule has 3 N–H and O–H groups in total. The number of benzene rings is 2. The summed E-state index contributed by atoms with van der Waals surface area (Å²) in [4.78, 5) is 14.4. The van der Waals surface area contributed by atoms with Crippen LogP contribution < -0.4 is 9.86 Å². The van der Waals surface area contributed by atoms with Gasteiger partial charge in [-0.3, -0.25) is 4.79 Å². The van der Waals surface area contributed by atoms with Gasteiger partial charge in [0.05, 0.1) is 4.90 Å². The predicted molar refractivity (Wildman–Crippen MR) is 109 cm³/mol. The molecule has 0 saturated carbocycles. The van der Waals surface area contributed by atoms with Crippen molar-refractivity contribution in [1.82, 2.24) is 9.62 Å². The van der Waals surface area contributed by atoms with Gasteiger partial charge in [-0.25, -0.2) is 26.7 Å². The lowest BCUT2D eigenvalue weighted by Gasteiger charge is -2.18. The van der Waals surface area contributed by atoms with Gasteiger partial charge in [-0.05, 0) is 29.8 Å². The number of nitrogens with zero attached hydrogens (tertiary/aromatic N) is 1. The highest BCUT2D eigenvalue weighted by atomic mass is 32.2. The first kappa shape index (κ1) is 21.2. The normalized spacial score (nSPS) is 19.8. The Morgan fingerprint density at radius 1 is 1.03 bits per heavy atom. The molecule has 0 spiro atoms. The molecular formula is C19H21N3O5S2. The molecule has 2 aromatic rings. The minimum Gasteiger partial charge on any atom is -0.336 e. The molecule has 1 heterocycles. The summed E-state index contributed by atoms with van der Waals surface area (Å²) in [5, 5.41) is 5.92. The van der Waals surface area contributed by atoms with E-state index in [0.717, 1.165) is 11.0 Å². The van der Waals surface area contributed by atoms with Crippen LogP contribution >= 0.6 is 0 Å². The van der Waals surface area contributed by atoms with Crippen molar-refractivity contribution < 1.29 is 21.6 Å². The second kappa shape index (κ2) is 8.07. The van der Waals surface area contributed by atoms with Crippen LogP contribution in [0.5, 0.6) is 0 Å². The molecule has 3 rings (SSSR count). The van der Waals surface area contributed by atoms with E-state index in [0.29, 0.717) is 6.54 Å². The van der Waals surface area contributed by atoms with Crippen molar-refractivity contribution in [3.05, 3.63) is 77.7 Å². The van der Waals surface area contributed by atoms with Gasteiger partial charge >= 0.3 is 0 Å². The van der Waals surface area contributed by atoms with Crippen LogP contribution in [0.25, 0.3) is 0 Å². The van der Waals surface area contributed by atoms with E-state index in [1.54, 1.807) is 4.90 Å². The second-order valence-electron chi connectivity index (χ2n) is 6.73. The highest BCUT2D eigenvalue weighted by Gasteiger charge is 2.38. The Bertz CT molecular complexity index is 1110. The molecule has 1 aliphatic heterocycles. The van der Waals surface area contributed by atoms with Crippen LogP contribution in [-0.4, -0.2) is 46.8 Å². The van der Waals surface area contributed by atoms with Crippen LogP contribution in [-0.2, 0) is 20.0 Å². The number of hydrogen-bond donors (Lipinski definition) is 2. The SMILES string of the molecule is C=CS(=O)(=O)N[C@@H]1CN(C(=O)c2ccc(S(N)(=O)=O)cc2)C[C@H]1c1ccccc1. The first-order chi connectivity index (χ1) is 13.6. The van der Waals surface area contributed by atoms with Gasteiger partial charge in [-0.2, -0.15) is 0 Å². The minimum atomic E-state index is -3.85. The maximum absolute atomic E-state index is 12.9. The number of hydrogen-bond acceptors (Lipinski definition) is 5. The van der Waals surface area contributed by atoms with E-state index in [1.807, 2.05) is 30.3 Å². The lowest BCUT2D eigenvalue weighted by molar-refractivity contribution is 0.0788. The lowest BCUT2D eigenvalue weighted by atomic mass is 9.95. The van der Waals surface area contributed by atoms with Gasteiger partial charge in [0.1, 0.15) is 0 Å². The van der Waals surface area contributed by atoms with Crippen molar-refractivity contribution in [2.45, 2.75) is 16.9 Å². The summed E-state index contributed by atoms with van der Waals surface area (Å²) < 4.78 is 49.4. The third-order valence-electron chi connectivity index (χ3n) is 4.80. The monoisotopic (exact) mass is 435 g/mol. The summed E-state index contributed by atoms with van der Waals surface area (Å²) in [6, 6.07) is 14.1. The Morgan fingerprint density at radius 2 is 1.66 bits per heavy atom. The average Bonchev–Trinajstić information content (AvgIpc) is 3.10. The highest BCUT2D eigenvalue weighted by molar-refractivity contribution is 7.92. The van der Waals surface area contributed by atoms with Gasteiger partial charge in [0.15, 0.2) is 0 Å². The van der Waals surface area contributed by atoms with E-state index in [1.165, 1.54) is 24.3 Å². The number of nitrogens with two attached hydrogens (primary N) is 1. The summed E-state index contributed by atoms with van der Waals surface area (Å²) in [5.41, 5.74) is 1.19. The molecule has 29 heavy (non-hydrogen) atoms. The zero-order valence-electron chi connectivity index (χ0n) is 15.4. The number of nitrogens with one attached hydrogen (secondary N) is 1. The van der Waals surface area contributed by atoms with E-state index in [4.69, 9.17) is 5.14 Å². The molecule has 2 aromatic carbocycles. The molecule has 154 valence electrons. The smallest absolute Gasteiger partial charge is 0.253 e. The Kier molecular flexibility index (Phi) is 5.90. The quantitative estimate of drug-likeness (QED) is 0.700. The van der Waals surface area contributed by atoms with Crippen molar-refractivity contribution in [2.24, 2.45) is 5.14 Å². The van der Waals surface area contributed by atoms with Gasteiger partial charge < -0.3 is 4.90 Å². The molecule has 1 fully saturated rings. The summed E-state index contributed by atoms with van der Waals surface area (Å²) in [5.74, 6) is -0.564. The minimum absolute atomic E-state index is 0.0887. The maximum Gasteiger partial charge on any atom is 0.253 e. The van der Waals surface area contributed by atoms with Crippen LogP contribution in [0, 0.1) is 0 Å². The van der Waals surface area contributed by atoms with Crippen LogP contribution in [0.4, 0.5) is 0 Å². The number of carbonyl (C=O) groups excluding carboxylic acids is 1. The first-order valence-corrected chi connectivity index (χ1v) is 11.8. The second-order valence-corrected chi connectivity index (χ2v) is 9.95. The molecule has 0 aliphatic carbocycles. The van der Waals surface area contributed by atoms with Crippen molar-refractivity contribution in [3.63, 3.8) is 0 Å². The standard InChI is InChI=1S/C19H21N3O5S2/c1-2-28(24,25)21-18-13-22(12-17(18)14-6-4-3-5-7-14)19(23)15-8-10-16(11-9-15)29(20,26)27/h2-11,17-18,21H,1,12-13H2,(H2,20,26,27)/t17-,18+/m0/s1. The Hall–Kier alpha value is -2.53. The van der Waals surface area contributed by atoms with Gasteiger partial charge in [-0.1, -0.05) is 36.9 Å². The van der Waals surface area contributed by atoms with E-state index in [9.17, 15) is 21.6 Å².